The second-order valence-corrected chi connectivity index (χ2v) is 6.71. The van der Waals surface area contributed by atoms with Gasteiger partial charge in [0.25, 0.3) is 5.91 Å². The molecule has 1 aliphatic heterocycles. The van der Waals surface area contributed by atoms with Gasteiger partial charge in [0.05, 0.1) is 6.54 Å². The van der Waals surface area contributed by atoms with Crippen LogP contribution in [-0.4, -0.2) is 46.5 Å². The van der Waals surface area contributed by atoms with Crippen LogP contribution in [0.1, 0.15) is 18.4 Å². The van der Waals surface area contributed by atoms with E-state index in [1.54, 1.807) is 18.1 Å². The molecule has 0 atom stereocenters. The van der Waals surface area contributed by atoms with Gasteiger partial charge in [-0.2, -0.15) is 0 Å². The molecule has 0 aliphatic carbocycles. The van der Waals surface area contributed by atoms with Gasteiger partial charge in [0.15, 0.2) is 0 Å². The Hall–Kier alpha value is -1.48. The molecule has 2 heterocycles. The standard InChI is InChI=1S/C16H20BrN5O2.ClH/c1-24-16(5-7-18-8-6-16)14(23)20-15-19-11-22(21-15)10-12-3-2-4-13(17)9-12;/h2-4,9,11,18H,5-8,10H2,1H3,(H,20,21,23);1H. The first kappa shape index (κ1) is 19.8. The third-order valence-corrected chi connectivity index (χ3v) is 4.70. The van der Waals surface area contributed by atoms with Gasteiger partial charge in [-0.1, -0.05) is 28.1 Å². The number of amides is 1. The highest BCUT2D eigenvalue weighted by atomic mass is 79.9. The summed E-state index contributed by atoms with van der Waals surface area (Å²) in [7, 11) is 1.57. The number of methoxy groups -OCH3 is 1. The van der Waals surface area contributed by atoms with Crippen LogP contribution in [0.3, 0.4) is 0 Å². The molecule has 0 radical (unpaired) electrons. The van der Waals surface area contributed by atoms with Gasteiger partial charge in [0.1, 0.15) is 11.9 Å². The smallest absolute Gasteiger partial charge is 0.259 e. The number of nitrogens with zero attached hydrogens (tertiary/aromatic N) is 3. The van der Waals surface area contributed by atoms with E-state index in [0.717, 1.165) is 23.1 Å². The highest BCUT2D eigenvalue weighted by molar-refractivity contribution is 9.10. The quantitative estimate of drug-likeness (QED) is 0.760. The molecule has 25 heavy (non-hydrogen) atoms. The monoisotopic (exact) mass is 429 g/mol. The lowest BCUT2D eigenvalue weighted by molar-refractivity contribution is -0.140. The maximum atomic E-state index is 12.6. The molecule has 1 aromatic heterocycles. The summed E-state index contributed by atoms with van der Waals surface area (Å²) in [6, 6.07) is 7.98. The first-order chi connectivity index (χ1) is 11.6. The number of piperidine rings is 1. The van der Waals surface area contributed by atoms with Crippen LogP contribution in [0.25, 0.3) is 0 Å². The van der Waals surface area contributed by atoms with Crippen molar-refractivity contribution in [2.24, 2.45) is 0 Å². The van der Waals surface area contributed by atoms with E-state index in [1.807, 2.05) is 24.3 Å². The molecule has 2 N–H and O–H groups in total. The van der Waals surface area contributed by atoms with Gasteiger partial charge in [0, 0.05) is 11.6 Å². The Labute approximate surface area is 161 Å². The van der Waals surface area contributed by atoms with Gasteiger partial charge in [-0.15, -0.1) is 17.5 Å². The Kier molecular flexibility index (Phi) is 6.95. The van der Waals surface area contributed by atoms with Crippen molar-refractivity contribution in [3.63, 3.8) is 0 Å². The first-order valence-corrected chi connectivity index (χ1v) is 8.62. The predicted molar refractivity (Wildman–Crippen MR) is 101 cm³/mol. The van der Waals surface area contributed by atoms with Gasteiger partial charge in [-0.05, 0) is 43.6 Å². The molecular formula is C16H21BrClN5O2. The second-order valence-electron chi connectivity index (χ2n) is 5.80. The number of benzene rings is 1. The molecule has 1 aliphatic rings. The molecule has 0 spiro atoms. The fourth-order valence-electron chi connectivity index (χ4n) is 2.82. The molecule has 0 bridgehead atoms. The lowest BCUT2D eigenvalue weighted by Gasteiger charge is -2.34. The Morgan fingerprint density at radius 3 is 2.88 bits per heavy atom. The average molecular weight is 431 g/mol. The number of nitrogens with one attached hydrogen (secondary N) is 2. The lowest BCUT2D eigenvalue weighted by atomic mass is 9.91. The molecule has 0 unspecified atom stereocenters. The first-order valence-electron chi connectivity index (χ1n) is 7.82. The minimum absolute atomic E-state index is 0. The number of carbonyl (C=O) groups excluding carboxylic acids is 1. The van der Waals surface area contributed by atoms with E-state index < -0.39 is 5.60 Å². The predicted octanol–water partition coefficient (Wildman–Crippen LogP) is 2.22. The van der Waals surface area contributed by atoms with Crippen molar-refractivity contribution in [3.8, 4) is 0 Å². The van der Waals surface area contributed by atoms with Crippen molar-refractivity contribution in [2.45, 2.75) is 25.0 Å². The van der Waals surface area contributed by atoms with Crippen LogP contribution in [0.5, 0.6) is 0 Å². The number of hydrogen-bond donors (Lipinski definition) is 2. The summed E-state index contributed by atoms with van der Waals surface area (Å²) < 4.78 is 8.22. The number of carbonyl (C=O) groups is 1. The molecule has 136 valence electrons. The van der Waals surface area contributed by atoms with E-state index >= 15 is 0 Å². The zero-order valence-corrected chi connectivity index (χ0v) is 16.3. The van der Waals surface area contributed by atoms with Crippen molar-refractivity contribution in [2.75, 3.05) is 25.5 Å². The molecule has 1 aromatic carbocycles. The van der Waals surface area contributed by atoms with Crippen LogP contribution < -0.4 is 10.6 Å². The zero-order chi connectivity index (χ0) is 17.0. The van der Waals surface area contributed by atoms with E-state index in [9.17, 15) is 4.79 Å². The van der Waals surface area contributed by atoms with Crippen molar-refractivity contribution in [3.05, 3.63) is 40.6 Å². The van der Waals surface area contributed by atoms with Crippen molar-refractivity contribution >= 4 is 40.2 Å². The van der Waals surface area contributed by atoms with Crippen LogP contribution >= 0.6 is 28.3 Å². The summed E-state index contributed by atoms with van der Waals surface area (Å²) in [6.45, 7) is 2.10. The van der Waals surface area contributed by atoms with Crippen LogP contribution in [0.4, 0.5) is 5.95 Å². The summed E-state index contributed by atoms with van der Waals surface area (Å²) in [5, 5.41) is 10.3. The SMILES string of the molecule is COC1(C(=O)Nc2ncn(Cc3cccc(Br)c3)n2)CCNCC1.Cl. The third kappa shape index (κ3) is 4.78. The van der Waals surface area contributed by atoms with Crippen molar-refractivity contribution in [1.82, 2.24) is 20.1 Å². The van der Waals surface area contributed by atoms with Crippen LogP contribution in [0.15, 0.2) is 35.1 Å². The summed E-state index contributed by atoms with van der Waals surface area (Å²) in [6.07, 6.45) is 2.88. The molecule has 0 saturated carbocycles. The van der Waals surface area contributed by atoms with Gasteiger partial charge in [-0.3, -0.25) is 10.1 Å². The Morgan fingerprint density at radius 2 is 2.20 bits per heavy atom. The number of ether oxygens (including phenoxy) is 1. The summed E-state index contributed by atoms with van der Waals surface area (Å²) >= 11 is 3.45. The molecule has 1 amide bonds. The molecule has 2 aromatic rings. The molecule has 1 fully saturated rings. The molecule has 3 rings (SSSR count). The van der Waals surface area contributed by atoms with Crippen LogP contribution in [0.2, 0.25) is 0 Å². The lowest BCUT2D eigenvalue weighted by Crippen LogP contribution is -2.51. The van der Waals surface area contributed by atoms with Crippen LogP contribution in [-0.2, 0) is 16.1 Å². The van der Waals surface area contributed by atoms with Gasteiger partial charge >= 0.3 is 0 Å². The third-order valence-electron chi connectivity index (χ3n) is 4.21. The fourth-order valence-corrected chi connectivity index (χ4v) is 3.27. The number of aromatic nitrogens is 3. The summed E-state index contributed by atoms with van der Waals surface area (Å²) in [5.74, 6) is 0.108. The average Bonchev–Trinajstić information content (AvgIpc) is 3.02. The number of rotatable bonds is 5. The topological polar surface area (TPSA) is 81.1 Å². The molecule has 7 nitrogen and oxygen atoms in total. The summed E-state index contributed by atoms with van der Waals surface area (Å²) in [4.78, 5) is 16.7. The van der Waals surface area contributed by atoms with E-state index in [1.165, 1.54) is 0 Å². The second kappa shape index (κ2) is 8.75. The van der Waals surface area contributed by atoms with Gasteiger partial charge < -0.3 is 10.1 Å². The highest BCUT2D eigenvalue weighted by Gasteiger charge is 2.40. The Balaban J connectivity index is 0.00000225. The maximum absolute atomic E-state index is 12.6. The van der Waals surface area contributed by atoms with Crippen molar-refractivity contribution < 1.29 is 9.53 Å². The maximum Gasteiger partial charge on any atom is 0.259 e. The van der Waals surface area contributed by atoms with Crippen LogP contribution in [0, 0.1) is 0 Å². The minimum atomic E-state index is -0.805. The van der Waals surface area contributed by atoms with E-state index in [2.05, 4.69) is 36.6 Å². The highest BCUT2D eigenvalue weighted by Crippen LogP contribution is 2.23. The Bertz CT molecular complexity index is 718. The molecule has 1 saturated heterocycles. The fraction of sp³-hybridized carbons (Fsp3) is 0.438. The molecule has 9 heteroatoms. The Morgan fingerprint density at radius 1 is 1.44 bits per heavy atom. The number of anilines is 1. The van der Waals surface area contributed by atoms with Crippen molar-refractivity contribution in [1.29, 1.82) is 0 Å². The van der Waals surface area contributed by atoms with Gasteiger partial charge in [0.2, 0.25) is 5.95 Å². The summed E-state index contributed by atoms with van der Waals surface area (Å²) in [5.41, 5.74) is 0.292. The number of hydrogen-bond acceptors (Lipinski definition) is 5. The molecular weight excluding hydrogens is 410 g/mol. The minimum Gasteiger partial charge on any atom is -0.368 e. The van der Waals surface area contributed by atoms with E-state index in [-0.39, 0.29) is 18.3 Å². The largest absolute Gasteiger partial charge is 0.368 e. The number of halogens is 2. The van der Waals surface area contributed by atoms with E-state index in [4.69, 9.17) is 4.74 Å². The zero-order valence-electron chi connectivity index (χ0n) is 13.9. The normalized spacial score (nSPS) is 16.1. The van der Waals surface area contributed by atoms with Gasteiger partial charge in [-0.25, -0.2) is 9.67 Å². The van der Waals surface area contributed by atoms with E-state index in [0.29, 0.717) is 25.3 Å².